The monoisotopic (exact) mass is 368 g/mol. The van der Waals surface area contributed by atoms with Crippen molar-refractivity contribution >= 4 is 33.7 Å². The van der Waals surface area contributed by atoms with Crippen molar-refractivity contribution in [2.45, 2.75) is 6.92 Å². The normalized spacial score (nSPS) is 11.4. The van der Waals surface area contributed by atoms with Crippen LogP contribution in [0, 0.1) is 20.2 Å². The van der Waals surface area contributed by atoms with Gasteiger partial charge in [0.1, 0.15) is 11.3 Å². The lowest BCUT2D eigenvalue weighted by Gasteiger charge is -2.05. The van der Waals surface area contributed by atoms with Crippen LogP contribution in [0.15, 0.2) is 62.8 Å². The Balaban J connectivity index is 1.96. The molecule has 0 aliphatic rings. The van der Waals surface area contributed by atoms with Gasteiger partial charge in [-0.25, -0.2) is 4.79 Å². The molecule has 0 bridgehead atoms. The van der Waals surface area contributed by atoms with Gasteiger partial charge in [0, 0.05) is 11.5 Å². The summed E-state index contributed by atoms with van der Waals surface area (Å²) in [4.78, 5) is 32.5. The quantitative estimate of drug-likeness (QED) is 0.314. The van der Waals surface area contributed by atoms with E-state index in [1.165, 1.54) is 13.0 Å². The zero-order valence-corrected chi connectivity index (χ0v) is 13.9. The molecule has 0 fully saturated rings. The SMILES string of the molecule is CC(=NNc1ccc([N+](=O)[O-])cc1[N+](=O)[O-])c1cc2ccccc2oc1=O. The average Bonchev–Trinajstić information content (AvgIpc) is 2.65. The summed E-state index contributed by atoms with van der Waals surface area (Å²) < 4.78 is 5.22. The molecule has 1 aromatic heterocycles. The Morgan fingerprint density at radius 2 is 1.81 bits per heavy atom. The molecule has 0 spiro atoms. The van der Waals surface area contributed by atoms with Crippen molar-refractivity contribution in [3.8, 4) is 0 Å². The second-order valence-electron chi connectivity index (χ2n) is 5.51. The van der Waals surface area contributed by atoms with E-state index in [1.54, 1.807) is 30.3 Å². The third-order valence-electron chi connectivity index (χ3n) is 3.76. The summed E-state index contributed by atoms with van der Waals surface area (Å²) >= 11 is 0. The Kier molecular flexibility index (Phi) is 4.62. The van der Waals surface area contributed by atoms with E-state index in [9.17, 15) is 25.0 Å². The maximum absolute atomic E-state index is 12.1. The maximum Gasteiger partial charge on any atom is 0.345 e. The maximum atomic E-state index is 12.1. The van der Waals surface area contributed by atoms with Gasteiger partial charge in [-0.3, -0.25) is 25.7 Å². The minimum atomic E-state index is -0.759. The lowest BCUT2D eigenvalue weighted by molar-refractivity contribution is -0.393. The van der Waals surface area contributed by atoms with E-state index >= 15 is 0 Å². The van der Waals surface area contributed by atoms with Crippen LogP contribution in [0.5, 0.6) is 0 Å². The van der Waals surface area contributed by atoms with Crippen LogP contribution in [-0.4, -0.2) is 15.6 Å². The van der Waals surface area contributed by atoms with Crippen LogP contribution in [0.2, 0.25) is 0 Å². The van der Waals surface area contributed by atoms with Gasteiger partial charge in [-0.1, -0.05) is 18.2 Å². The van der Waals surface area contributed by atoms with E-state index in [-0.39, 0.29) is 17.0 Å². The summed E-state index contributed by atoms with van der Waals surface area (Å²) in [7, 11) is 0. The van der Waals surface area contributed by atoms with Gasteiger partial charge in [0.15, 0.2) is 0 Å². The number of hydrazone groups is 1. The lowest BCUT2D eigenvalue weighted by Crippen LogP contribution is -2.13. The molecule has 3 aromatic rings. The fourth-order valence-corrected chi connectivity index (χ4v) is 2.40. The van der Waals surface area contributed by atoms with Crippen molar-refractivity contribution in [3.05, 3.63) is 84.7 Å². The van der Waals surface area contributed by atoms with Crippen LogP contribution in [0.1, 0.15) is 12.5 Å². The van der Waals surface area contributed by atoms with Gasteiger partial charge in [-0.2, -0.15) is 5.10 Å². The number of fused-ring (bicyclic) bond motifs is 1. The van der Waals surface area contributed by atoms with Crippen molar-refractivity contribution in [3.63, 3.8) is 0 Å². The fraction of sp³-hybridized carbons (Fsp3) is 0.0588. The Bertz CT molecular complexity index is 1150. The largest absolute Gasteiger partial charge is 0.422 e. The number of hydrogen-bond donors (Lipinski definition) is 1. The molecule has 0 aliphatic heterocycles. The van der Waals surface area contributed by atoms with Gasteiger partial charge in [0.2, 0.25) is 0 Å². The van der Waals surface area contributed by atoms with E-state index in [4.69, 9.17) is 4.42 Å². The molecule has 1 heterocycles. The van der Waals surface area contributed by atoms with Crippen molar-refractivity contribution in [1.82, 2.24) is 0 Å². The Labute approximate surface area is 151 Å². The second kappa shape index (κ2) is 7.04. The number of para-hydroxylation sites is 1. The molecule has 3 rings (SSSR count). The average molecular weight is 368 g/mol. The molecule has 0 atom stereocenters. The first-order chi connectivity index (χ1) is 12.9. The Morgan fingerprint density at radius 1 is 1.07 bits per heavy atom. The van der Waals surface area contributed by atoms with Gasteiger partial charge in [0.25, 0.3) is 5.69 Å². The molecule has 0 unspecified atom stereocenters. The summed E-state index contributed by atoms with van der Waals surface area (Å²) in [6.45, 7) is 1.53. The summed E-state index contributed by atoms with van der Waals surface area (Å²) in [5.74, 6) is 0. The van der Waals surface area contributed by atoms with Crippen LogP contribution in [0.25, 0.3) is 11.0 Å². The van der Waals surface area contributed by atoms with Gasteiger partial charge >= 0.3 is 11.3 Å². The van der Waals surface area contributed by atoms with Crippen molar-refractivity contribution < 1.29 is 14.3 Å². The number of hydrogen-bond acceptors (Lipinski definition) is 8. The fourth-order valence-electron chi connectivity index (χ4n) is 2.40. The van der Waals surface area contributed by atoms with E-state index in [1.807, 2.05) is 0 Å². The van der Waals surface area contributed by atoms with Crippen LogP contribution < -0.4 is 11.1 Å². The van der Waals surface area contributed by atoms with Gasteiger partial charge in [-0.05, 0) is 25.1 Å². The standard InChI is InChI=1S/C17H12N4O6/c1-10(13-8-11-4-2-3-5-16(11)27-17(13)22)18-19-14-7-6-12(20(23)24)9-15(14)21(25)26/h2-9,19H,1H3. The van der Waals surface area contributed by atoms with Crippen LogP contribution in [0.4, 0.5) is 17.1 Å². The highest BCUT2D eigenvalue weighted by Gasteiger charge is 2.19. The summed E-state index contributed by atoms with van der Waals surface area (Å²) in [5, 5.41) is 26.6. The molecule has 10 nitrogen and oxygen atoms in total. The van der Waals surface area contributed by atoms with Gasteiger partial charge in [-0.15, -0.1) is 0 Å². The molecule has 0 amide bonds. The van der Waals surface area contributed by atoms with E-state index < -0.39 is 26.8 Å². The minimum Gasteiger partial charge on any atom is -0.422 e. The van der Waals surface area contributed by atoms with Crippen LogP contribution >= 0.6 is 0 Å². The molecule has 1 N–H and O–H groups in total. The summed E-state index contributed by atoms with van der Waals surface area (Å²) in [5.41, 5.74) is 1.76. The molecule has 0 saturated carbocycles. The predicted molar refractivity (Wildman–Crippen MR) is 98.1 cm³/mol. The lowest BCUT2D eigenvalue weighted by atomic mass is 10.1. The highest BCUT2D eigenvalue weighted by Crippen LogP contribution is 2.29. The Morgan fingerprint density at radius 3 is 2.52 bits per heavy atom. The molecule has 136 valence electrons. The Hall–Kier alpha value is -4.08. The third-order valence-corrected chi connectivity index (χ3v) is 3.76. The van der Waals surface area contributed by atoms with Crippen molar-refractivity contribution in [2.75, 3.05) is 5.43 Å². The molecule has 27 heavy (non-hydrogen) atoms. The van der Waals surface area contributed by atoms with Crippen molar-refractivity contribution in [2.24, 2.45) is 5.10 Å². The van der Waals surface area contributed by atoms with Gasteiger partial charge in [0.05, 0.1) is 27.2 Å². The molecule has 0 radical (unpaired) electrons. The number of rotatable bonds is 5. The minimum absolute atomic E-state index is 0.0462. The first-order valence-electron chi connectivity index (χ1n) is 7.63. The number of nitro benzene ring substituents is 2. The van der Waals surface area contributed by atoms with E-state index in [2.05, 4.69) is 10.5 Å². The molecular weight excluding hydrogens is 356 g/mol. The zero-order valence-electron chi connectivity index (χ0n) is 13.9. The molecule has 10 heteroatoms. The van der Waals surface area contributed by atoms with Crippen LogP contribution in [0.3, 0.4) is 0 Å². The third kappa shape index (κ3) is 3.63. The summed E-state index contributed by atoms with van der Waals surface area (Å²) in [6, 6.07) is 11.7. The smallest absolute Gasteiger partial charge is 0.345 e. The molecular formula is C17H12N4O6. The van der Waals surface area contributed by atoms with E-state index in [0.29, 0.717) is 11.0 Å². The highest BCUT2D eigenvalue weighted by molar-refractivity contribution is 6.00. The number of nitrogens with one attached hydrogen (secondary N) is 1. The molecule has 0 aliphatic carbocycles. The number of anilines is 1. The van der Waals surface area contributed by atoms with Crippen molar-refractivity contribution in [1.29, 1.82) is 0 Å². The molecule has 0 saturated heterocycles. The zero-order chi connectivity index (χ0) is 19.6. The number of nitrogens with zero attached hydrogens (tertiary/aromatic N) is 3. The topological polar surface area (TPSA) is 141 Å². The van der Waals surface area contributed by atoms with E-state index in [0.717, 1.165) is 12.1 Å². The number of benzene rings is 2. The first-order valence-corrected chi connectivity index (χ1v) is 7.63. The van der Waals surface area contributed by atoms with Crippen LogP contribution in [-0.2, 0) is 0 Å². The summed E-state index contributed by atoms with van der Waals surface area (Å²) in [6.07, 6.45) is 0. The van der Waals surface area contributed by atoms with Gasteiger partial charge < -0.3 is 4.42 Å². The number of nitro groups is 2. The first kappa shape index (κ1) is 17.7. The highest BCUT2D eigenvalue weighted by atomic mass is 16.6. The predicted octanol–water partition coefficient (Wildman–Crippen LogP) is 3.45. The number of non-ortho nitro benzene ring substituents is 1. The molecule has 2 aromatic carbocycles. The second-order valence-corrected chi connectivity index (χ2v) is 5.51.